The Morgan fingerprint density at radius 1 is 1.36 bits per heavy atom. The molecule has 0 aliphatic carbocycles. The molecule has 0 saturated carbocycles. The van der Waals surface area contributed by atoms with Crippen molar-refractivity contribution in [2.24, 2.45) is 25.4 Å². The van der Waals surface area contributed by atoms with Gasteiger partial charge in [0.25, 0.3) is 5.56 Å². The van der Waals surface area contributed by atoms with Gasteiger partial charge in [-0.15, -0.1) is 0 Å². The van der Waals surface area contributed by atoms with Gasteiger partial charge < -0.3 is 14.4 Å². The van der Waals surface area contributed by atoms with Gasteiger partial charge in [0.15, 0.2) is 5.56 Å². The Kier molecular flexibility index (Phi) is 4.16. The van der Waals surface area contributed by atoms with E-state index in [2.05, 4.69) is 0 Å². The van der Waals surface area contributed by atoms with Gasteiger partial charge in [0.2, 0.25) is 0 Å². The maximum absolute atomic E-state index is 12.4. The molecular weight excluding hydrogens is 328 g/mol. The van der Waals surface area contributed by atoms with E-state index in [1.807, 2.05) is 6.07 Å². The molecule has 9 heteroatoms. The van der Waals surface area contributed by atoms with Gasteiger partial charge in [-0.1, -0.05) is 0 Å². The highest BCUT2D eigenvalue weighted by atomic mass is 16.5. The number of carbonyl (C=O) groups excluding carboxylic acids is 1. The van der Waals surface area contributed by atoms with Gasteiger partial charge in [0.1, 0.15) is 11.9 Å². The maximum Gasteiger partial charge on any atom is 0.332 e. The van der Waals surface area contributed by atoms with Gasteiger partial charge in [-0.3, -0.25) is 18.7 Å². The summed E-state index contributed by atoms with van der Waals surface area (Å²) in [5.74, 6) is -0.499. The van der Waals surface area contributed by atoms with E-state index in [1.165, 1.54) is 18.7 Å². The molecule has 1 aromatic heterocycles. The van der Waals surface area contributed by atoms with Crippen LogP contribution >= 0.6 is 0 Å². The third-order valence-corrected chi connectivity index (χ3v) is 5.04. The average Bonchev–Trinajstić information content (AvgIpc) is 2.97. The molecule has 3 rings (SSSR count). The third kappa shape index (κ3) is 2.44. The molecule has 1 spiro atoms. The Bertz CT molecular complexity index is 874. The van der Waals surface area contributed by atoms with Crippen LogP contribution in [-0.4, -0.2) is 48.0 Å². The normalized spacial score (nSPS) is 21.0. The molecule has 9 nitrogen and oxygen atoms in total. The highest BCUT2D eigenvalue weighted by Gasteiger charge is 2.56. The number of anilines is 1. The maximum atomic E-state index is 12.4. The largest absolute Gasteiger partial charge is 0.466 e. The van der Waals surface area contributed by atoms with E-state index in [9.17, 15) is 19.6 Å². The molecule has 25 heavy (non-hydrogen) atoms. The quantitative estimate of drug-likeness (QED) is 0.643. The number of ether oxygens (including phenoxy) is 2. The summed E-state index contributed by atoms with van der Waals surface area (Å²) >= 11 is 0. The Labute approximate surface area is 144 Å². The first kappa shape index (κ1) is 17.2. The lowest BCUT2D eigenvalue weighted by Crippen LogP contribution is -2.51. The fourth-order valence-corrected chi connectivity index (χ4v) is 3.66. The van der Waals surface area contributed by atoms with Crippen LogP contribution in [0.2, 0.25) is 0 Å². The smallest absolute Gasteiger partial charge is 0.332 e. The number of hydrogen-bond acceptors (Lipinski definition) is 7. The predicted molar refractivity (Wildman–Crippen MR) is 87.2 cm³/mol. The first-order chi connectivity index (χ1) is 11.9. The number of rotatable bonds is 3. The summed E-state index contributed by atoms with van der Waals surface area (Å²) in [6.45, 7) is 3.54. The fraction of sp³-hybridized carbons (Fsp3) is 0.625. The van der Waals surface area contributed by atoms with E-state index in [0.717, 1.165) is 4.57 Å². The summed E-state index contributed by atoms with van der Waals surface area (Å²) in [5.41, 5.74) is -1.67. The second-order valence-electron chi connectivity index (χ2n) is 6.56. The van der Waals surface area contributed by atoms with E-state index in [0.29, 0.717) is 19.8 Å². The van der Waals surface area contributed by atoms with Crippen LogP contribution in [-0.2, 0) is 28.4 Å². The lowest BCUT2D eigenvalue weighted by molar-refractivity contribution is -0.169. The summed E-state index contributed by atoms with van der Waals surface area (Å²) in [4.78, 5) is 38.7. The molecule has 134 valence electrons. The van der Waals surface area contributed by atoms with E-state index in [-0.39, 0.29) is 30.5 Å². The van der Waals surface area contributed by atoms with Crippen LogP contribution in [0.5, 0.6) is 0 Å². The van der Waals surface area contributed by atoms with Gasteiger partial charge in [-0.2, -0.15) is 5.26 Å². The van der Waals surface area contributed by atoms with Crippen molar-refractivity contribution in [1.29, 1.82) is 5.26 Å². The van der Waals surface area contributed by atoms with Crippen molar-refractivity contribution in [2.45, 2.75) is 6.92 Å². The first-order valence-corrected chi connectivity index (χ1v) is 8.05. The monoisotopic (exact) mass is 348 g/mol. The zero-order valence-corrected chi connectivity index (χ0v) is 14.4. The van der Waals surface area contributed by atoms with E-state index in [4.69, 9.17) is 9.47 Å². The van der Waals surface area contributed by atoms with Gasteiger partial charge in [0, 0.05) is 32.6 Å². The number of nitrogens with zero attached hydrogens (tertiary/aromatic N) is 4. The first-order valence-electron chi connectivity index (χ1n) is 8.05. The highest BCUT2D eigenvalue weighted by Crippen LogP contribution is 2.44. The van der Waals surface area contributed by atoms with E-state index < -0.39 is 22.6 Å². The lowest BCUT2D eigenvalue weighted by atomic mass is 9.76. The van der Waals surface area contributed by atoms with E-state index in [1.54, 1.807) is 11.8 Å². The SMILES string of the molecule is CCOC(=O)C1CN(c2c(C#N)c(=O)n(C)c(=O)n2C)CC12COC2. The van der Waals surface area contributed by atoms with Gasteiger partial charge >= 0.3 is 11.7 Å². The number of aromatic nitrogens is 2. The molecule has 2 aliphatic heterocycles. The van der Waals surface area contributed by atoms with Crippen LogP contribution in [0, 0.1) is 22.7 Å². The molecule has 1 atom stereocenters. The standard InChI is InChI=1S/C16H20N4O5/c1-4-25-14(22)11-6-20(7-16(11)8-24-9-16)12-10(5-17)13(21)19(3)15(23)18(12)2/h11H,4,6-9H2,1-3H3. The Morgan fingerprint density at radius 2 is 2.04 bits per heavy atom. The average molecular weight is 348 g/mol. The van der Waals surface area contributed by atoms with Crippen LogP contribution in [0.1, 0.15) is 12.5 Å². The van der Waals surface area contributed by atoms with Crippen molar-refractivity contribution in [3.63, 3.8) is 0 Å². The Hall–Kier alpha value is -2.60. The zero-order chi connectivity index (χ0) is 18.4. The minimum absolute atomic E-state index is 0.107. The topological polar surface area (TPSA) is 107 Å². The predicted octanol–water partition coefficient (Wildman–Crippen LogP) is -1.03. The van der Waals surface area contributed by atoms with Crippen LogP contribution in [0.25, 0.3) is 0 Å². The molecule has 0 N–H and O–H groups in total. The van der Waals surface area contributed by atoms with Gasteiger partial charge in [-0.05, 0) is 6.92 Å². The van der Waals surface area contributed by atoms with Crippen molar-refractivity contribution in [3.05, 3.63) is 26.4 Å². The molecule has 2 aliphatic rings. The number of hydrogen-bond donors (Lipinski definition) is 0. The van der Waals surface area contributed by atoms with Gasteiger partial charge in [-0.25, -0.2) is 4.79 Å². The Balaban J connectivity index is 2.07. The molecule has 0 amide bonds. The summed E-state index contributed by atoms with van der Waals surface area (Å²) < 4.78 is 12.7. The molecule has 0 radical (unpaired) electrons. The fourth-order valence-electron chi connectivity index (χ4n) is 3.66. The minimum Gasteiger partial charge on any atom is -0.466 e. The van der Waals surface area contributed by atoms with Crippen molar-refractivity contribution in [2.75, 3.05) is 37.8 Å². The van der Waals surface area contributed by atoms with Crippen LogP contribution in [0.3, 0.4) is 0 Å². The van der Waals surface area contributed by atoms with Crippen molar-refractivity contribution in [1.82, 2.24) is 9.13 Å². The van der Waals surface area contributed by atoms with E-state index >= 15 is 0 Å². The third-order valence-electron chi connectivity index (χ3n) is 5.04. The van der Waals surface area contributed by atoms with Crippen molar-refractivity contribution in [3.8, 4) is 6.07 Å². The molecule has 0 aromatic carbocycles. The molecule has 0 bridgehead atoms. The second-order valence-corrected chi connectivity index (χ2v) is 6.56. The molecule has 3 heterocycles. The molecule has 1 aromatic rings. The second kappa shape index (κ2) is 6.04. The van der Waals surface area contributed by atoms with Crippen LogP contribution in [0.4, 0.5) is 5.82 Å². The zero-order valence-electron chi connectivity index (χ0n) is 14.4. The summed E-state index contributed by atoms with van der Waals surface area (Å²) in [7, 11) is 2.85. The molecule has 1 unspecified atom stereocenters. The summed E-state index contributed by atoms with van der Waals surface area (Å²) in [6.07, 6.45) is 0. The molecular formula is C16H20N4O5. The number of carbonyl (C=O) groups is 1. The highest BCUT2D eigenvalue weighted by molar-refractivity contribution is 5.76. The number of esters is 1. The van der Waals surface area contributed by atoms with Gasteiger partial charge in [0.05, 0.1) is 25.7 Å². The van der Waals surface area contributed by atoms with Crippen LogP contribution in [0.15, 0.2) is 9.59 Å². The summed E-state index contributed by atoms with van der Waals surface area (Å²) in [6, 6.07) is 1.90. The van der Waals surface area contributed by atoms with Crippen LogP contribution < -0.4 is 16.1 Å². The summed E-state index contributed by atoms with van der Waals surface area (Å²) in [5, 5.41) is 9.44. The molecule has 2 fully saturated rings. The Morgan fingerprint density at radius 3 is 2.56 bits per heavy atom. The molecule has 2 saturated heterocycles. The van der Waals surface area contributed by atoms with Crippen molar-refractivity contribution < 1.29 is 14.3 Å². The minimum atomic E-state index is -0.640. The van der Waals surface area contributed by atoms with Crippen molar-refractivity contribution >= 4 is 11.8 Å². The number of nitriles is 1. The lowest BCUT2D eigenvalue weighted by Gasteiger charge is -2.41.